The number of Topliss-reactive ketones (excluding diaryl/α,β-unsaturated/α-hetero) is 1. The van der Waals surface area contributed by atoms with Crippen LogP contribution in [0.15, 0.2) is 85.2 Å². The van der Waals surface area contributed by atoms with Crippen molar-refractivity contribution in [3.8, 4) is 11.5 Å². The molecular weight excluding hydrogens is 490 g/mol. The van der Waals surface area contributed by atoms with Gasteiger partial charge >= 0.3 is 5.91 Å². The molecule has 0 saturated carbocycles. The Bertz CT molecular complexity index is 1510. The second-order valence-electron chi connectivity index (χ2n) is 8.13. The van der Waals surface area contributed by atoms with E-state index in [0.29, 0.717) is 46.5 Å². The van der Waals surface area contributed by atoms with E-state index in [1.54, 1.807) is 42.5 Å². The van der Waals surface area contributed by atoms with Crippen molar-refractivity contribution < 1.29 is 24.2 Å². The Morgan fingerprint density at radius 2 is 1.81 bits per heavy atom. The number of aromatic nitrogens is 2. The number of carbonyl (C=O) groups excluding carboxylic acids is 2. The first-order chi connectivity index (χ1) is 18.0. The third-order valence-corrected chi connectivity index (χ3v) is 6.85. The summed E-state index contributed by atoms with van der Waals surface area (Å²) in [6, 6.07) is 14.8. The normalized spacial score (nSPS) is 16.8. The molecule has 1 fully saturated rings. The van der Waals surface area contributed by atoms with E-state index < -0.39 is 17.7 Å². The Hall–Kier alpha value is -4.50. The molecular formula is C28H23N3O5S. The second-order valence-corrected chi connectivity index (χ2v) is 9.14. The van der Waals surface area contributed by atoms with Crippen LogP contribution in [0.3, 0.4) is 0 Å². The monoisotopic (exact) mass is 513 g/mol. The van der Waals surface area contributed by atoms with Gasteiger partial charge in [-0.05, 0) is 55.0 Å². The molecule has 37 heavy (non-hydrogen) atoms. The fourth-order valence-corrected chi connectivity index (χ4v) is 5.18. The number of hydrogen-bond acceptors (Lipinski definition) is 8. The largest absolute Gasteiger partial charge is 0.507 e. The van der Waals surface area contributed by atoms with Crippen LogP contribution in [0.4, 0.5) is 5.13 Å². The van der Waals surface area contributed by atoms with Gasteiger partial charge in [0.1, 0.15) is 23.9 Å². The highest BCUT2D eigenvalue weighted by Gasteiger charge is 2.48. The minimum absolute atomic E-state index is 0.0229. The van der Waals surface area contributed by atoms with E-state index in [2.05, 4.69) is 16.5 Å². The zero-order valence-corrected chi connectivity index (χ0v) is 20.8. The number of rotatable bonds is 8. The van der Waals surface area contributed by atoms with Gasteiger partial charge in [0, 0.05) is 18.0 Å². The zero-order chi connectivity index (χ0) is 25.9. The number of nitrogens with zero attached hydrogens (tertiary/aromatic N) is 3. The summed E-state index contributed by atoms with van der Waals surface area (Å²) < 4.78 is 12.0. The van der Waals surface area contributed by atoms with Gasteiger partial charge < -0.3 is 14.6 Å². The molecule has 1 saturated heterocycles. The van der Waals surface area contributed by atoms with Crippen molar-refractivity contribution in [2.75, 3.05) is 18.1 Å². The standard InChI is InChI=1S/C28H23N3O5S/c1-3-15-36-19-7-5-17(6-8-19)24-23(25(32)18-11-13-29-14-12-18)26(33)27(34)31(24)28-30-21-10-9-20(35-4-2)16-22(21)37-28/h3,5-14,16,24,32H,1,4,15H2,2H3/b25-23+. The van der Waals surface area contributed by atoms with Crippen LogP contribution in [0.5, 0.6) is 11.5 Å². The molecule has 1 aliphatic heterocycles. The quantitative estimate of drug-likeness (QED) is 0.148. The Morgan fingerprint density at radius 1 is 1.08 bits per heavy atom. The van der Waals surface area contributed by atoms with Crippen LogP contribution < -0.4 is 14.4 Å². The van der Waals surface area contributed by atoms with E-state index in [1.807, 2.05) is 25.1 Å². The number of thiazole rings is 1. The second kappa shape index (κ2) is 10.2. The highest BCUT2D eigenvalue weighted by molar-refractivity contribution is 7.22. The highest BCUT2D eigenvalue weighted by atomic mass is 32.1. The van der Waals surface area contributed by atoms with E-state index in [-0.39, 0.29) is 11.3 Å². The summed E-state index contributed by atoms with van der Waals surface area (Å²) in [4.78, 5) is 36.7. The SMILES string of the molecule is C=CCOc1ccc(C2/C(=C(\O)c3ccncc3)C(=O)C(=O)N2c2nc3ccc(OCC)cc3s2)cc1. The number of ketones is 1. The molecule has 2 aromatic carbocycles. The Labute approximate surface area is 217 Å². The van der Waals surface area contributed by atoms with E-state index >= 15 is 0 Å². The van der Waals surface area contributed by atoms with Gasteiger partial charge in [0.15, 0.2) is 5.13 Å². The summed E-state index contributed by atoms with van der Waals surface area (Å²) in [6.45, 7) is 6.41. The van der Waals surface area contributed by atoms with Crippen molar-refractivity contribution in [3.05, 3.63) is 96.3 Å². The van der Waals surface area contributed by atoms with Gasteiger partial charge in [-0.2, -0.15) is 0 Å². The first-order valence-corrected chi connectivity index (χ1v) is 12.4. The van der Waals surface area contributed by atoms with Crippen molar-refractivity contribution in [3.63, 3.8) is 0 Å². The van der Waals surface area contributed by atoms with Crippen LogP contribution in [-0.4, -0.2) is 40.0 Å². The summed E-state index contributed by atoms with van der Waals surface area (Å²) in [5.74, 6) is -0.535. The summed E-state index contributed by atoms with van der Waals surface area (Å²) in [5.41, 5.74) is 1.65. The molecule has 8 nitrogen and oxygen atoms in total. The van der Waals surface area contributed by atoms with E-state index in [1.165, 1.54) is 28.6 Å². The third kappa shape index (κ3) is 4.56. The molecule has 2 aromatic heterocycles. The maximum Gasteiger partial charge on any atom is 0.301 e. The fraction of sp³-hybridized carbons (Fsp3) is 0.143. The van der Waals surface area contributed by atoms with Gasteiger partial charge in [0.05, 0.1) is 28.4 Å². The molecule has 9 heteroatoms. The minimum Gasteiger partial charge on any atom is -0.507 e. The predicted octanol–water partition coefficient (Wildman–Crippen LogP) is 5.28. The third-order valence-electron chi connectivity index (χ3n) is 5.83. The van der Waals surface area contributed by atoms with Crippen LogP contribution in [0.2, 0.25) is 0 Å². The van der Waals surface area contributed by atoms with E-state index in [0.717, 1.165) is 4.70 Å². The molecule has 1 aliphatic rings. The van der Waals surface area contributed by atoms with E-state index in [4.69, 9.17) is 9.47 Å². The van der Waals surface area contributed by atoms with Gasteiger partial charge in [-0.25, -0.2) is 4.98 Å². The van der Waals surface area contributed by atoms with Crippen LogP contribution in [0.25, 0.3) is 16.0 Å². The molecule has 0 radical (unpaired) electrons. The molecule has 0 spiro atoms. The van der Waals surface area contributed by atoms with Crippen molar-refractivity contribution in [2.45, 2.75) is 13.0 Å². The number of ether oxygens (including phenoxy) is 2. The molecule has 1 atom stereocenters. The molecule has 3 heterocycles. The molecule has 4 aromatic rings. The molecule has 0 aliphatic carbocycles. The van der Waals surface area contributed by atoms with Crippen LogP contribution in [0, 0.1) is 0 Å². The van der Waals surface area contributed by atoms with Crippen LogP contribution in [-0.2, 0) is 9.59 Å². The van der Waals surface area contributed by atoms with Gasteiger partial charge in [-0.1, -0.05) is 36.1 Å². The molecule has 1 unspecified atom stereocenters. The predicted molar refractivity (Wildman–Crippen MR) is 142 cm³/mol. The summed E-state index contributed by atoms with van der Waals surface area (Å²) in [6.07, 6.45) is 4.66. The lowest BCUT2D eigenvalue weighted by molar-refractivity contribution is -0.132. The number of benzene rings is 2. The number of amides is 1. The van der Waals surface area contributed by atoms with Crippen molar-refractivity contribution in [1.29, 1.82) is 0 Å². The lowest BCUT2D eigenvalue weighted by atomic mass is 9.95. The van der Waals surface area contributed by atoms with Crippen molar-refractivity contribution in [1.82, 2.24) is 9.97 Å². The number of hydrogen-bond donors (Lipinski definition) is 1. The van der Waals surface area contributed by atoms with Gasteiger partial charge in [-0.3, -0.25) is 19.5 Å². The molecule has 0 bridgehead atoms. The van der Waals surface area contributed by atoms with Crippen LogP contribution >= 0.6 is 11.3 Å². The first kappa shape index (κ1) is 24.2. The fourth-order valence-electron chi connectivity index (χ4n) is 4.16. The molecule has 5 rings (SSSR count). The number of fused-ring (bicyclic) bond motifs is 1. The number of aliphatic hydroxyl groups is 1. The lowest BCUT2D eigenvalue weighted by Gasteiger charge is -2.23. The van der Waals surface area contributed by atoms with Gasteiger partial charge in [0.25, 0.3) is 5.78 Å². The van der Waals surface area contributed by atoms with Crippen LogP contribution in [0.1, 0.15) is 24.1 Å². The van der Waals surface area contributed by atoms with Crippen molar-refractivity contribution in [2.24, 2.45) is 0 Å². The average molecular weight is 514 g/mol. The summed E-state index contributed by atoms with van der Waals surface area (Å²) >= 11 is 1.27. The maximum atomic E-state index is 13.4. The topological polar surface area (TPSA) is 102 Å². The Morgan fingerprint density at radius 3 is 2.51 bits per heavy atom. The molecule has 186 valence electrons. The van der Waals surface area contributed by atoms with Crippen molar-refractivity contribution >= 4 is 44.1 Å². The number of carbonyl (C=O) groups is 2. The maximum absolute atomic E-state index is 13.4. The Balaban J connectivity index is 1.65. The minimum atomic E-state index is -0.895. The number of pyridine rings is 1. The summed E-state index contributed by atoms with van der Waals surface area (Å²) in [5, 5.41) is 11.5. The number of aliphatic hydroxyl groups excluding tert-OH is 1. The van der Waals surface area contributed by atoms with Gasteiger partial charge in [0.2, 0.25) is 0 Å². The lowest BCUT2D eigenvalue weighted by Crippen LogP contribution is -2.29. The Kier molecular flexibility index (Phi) is 6.70. The number of anilines is 1. The van der Waals surface area contributed by atoms with E-state index in [9.17, 15) is 14.7 Å². The first-order valence-electron chi connectivity index (χ1n) is 11.6. The molecule has 1 N–H and O–H groups in total. The highest BCUT2D eigenvalue weighted by Crippen LogP contribution is 2.44. The average Bonchev–Trinajstić information content (AvgIpc) is 3.45. The summed E-state index contributed by atoms with van der Waals surface area (Å²) in [7, 11) is 0. The zero-order valence-electron chi connectivity index (χ0n) is 20.0. The molecule has 1 amide bonds. The smallest absolute Gasteiger partial charge is 0.301 e. The van der Waals surface area contributed by atoms with Gasteiger partial charge in [-0.15, -0.1) is 0 Å².